The van der Waals surface area contributed by atoms with Crippen LogP contribution >= 0.6 is 0 Å². The zero-order valence-electron chi connectivity index (χ0n) is 8.28. The lowest BCUT2D eigenvalue weighted by molar-refractivity contribution is -0.170. The molecule has 0 saturated heterocycles. The molecule has 1 aliphatic carbocycles. The lowest BCUT2D eigenvalue weighted by Crippen LogP contribution is -2.51. The molecule has 0 bridgehead atoms. The Kier molecular flexibility index (Phi) is 3.84. The summed E-state index contributed by atoms with van der Waals surface area (Å²) in [6.45, 7) is 2.46. The van der Waals surface area contributed by atoms with Gasteiger partial charge >= 0.3 is 0 Å². The molecule has 0 radical (unpaired) electrons. The van der Waals surface area contributed by atoms with Crippen molar-refractivity contribution in [3.63, 3.8) is 0 Å². The Balaban J connectivity index is 2.26. The third kappa shape index (κ3) is 2.49. The Morgan fingerprint density at radius 3 is 2.69 bits per heavy atom. The third-order valence-corrected chi connectivity index (χ3v) is 2.12. The van der Waals surface area contributed by atoms with E-state index in [2.05, 4.69) is 0 Å². The van der Waals surface area contributed by atoms with Gasteiger partial charge in [-0.25, -0.2) is 0 Å². The zero-order chi connectivity index (χ0) is 9.84. The molecule has 3 unspecified atom stereocenters. The molecule has 0 spiro atoms. The van der Waals surface area contributed by atoms with Gasteiger partial charge in [-0.15, -0.1) is 0 Å². The van der Waals surface area contributed by atoms with Crippen LogP contribution in [-0.2, 0) is 19.0 Å². The van der Waals surface area contributed by atoms with Crippen LogP contribution in [0.25, 0.3) is 0 Å². The van der Waals surface area contributed by atoms with E-state index in [0.717, 1.165) is 0 Å². The first-order valence-corrected chi connectivity index (χ1v) is 4.39. The number of hydrogen-bond donors (Lipinski definition) is 0. The Hall–Kier alpha value is -0.450. The Labute approximate surface area is 78.2 Å². The Morgan fingerprint density at radius 1 is 1.54 bits per heavy atom. The maximum absolute atomic E-state index is 11.0. The molecular formula is C9H16O4. The van der Waals surface area contributed by atoms with E-state index in [0.29, 0.717) is 13.0 Å². The molecule has 0 heterocycles. The number of Topliss-reactive ketones (excluding diaryl/α,β-unsaturated/α-hetero) is 1. The number of methoxy groups -OCH3 is 2. The SMILES string of the molecule is COCC(C)OC1CC(=O)C1OC. The van der Waals surface area contributed by atoms with Crippen molar-refractivity contribution in [2.75, 3.05) is 20.8 Å². The van der Waals surface area contributed by atoms with Crippen molar-refractivity contribution in [3.8, 4) is 0 Å². The van der Waals surface area contributed by atoms with Crippen LogP contribution in [-0.4, -0.2) is 44.9 Å². The van der Waals surface area contributed by atoms with Crippen LogP contribution in [0.5, 0.6) is 0 Å². The van der Waals surface area contributed by atoms with E-state index in [9.17, 15) is 4.79 Å². The van der Waals surface area contributed by atoms with Crippen molar-refractivity contribution in [2.45, 2.75) is 31.7 Å². The first-order chi connectivity index (χ1) is 6.19. The topological polar surface area (TPSA) is 44.8 Å². The van der Waals surface area contributed by atoms with E-state index in [4.69, 9.17) is 14.2 Å². The van der Waals surface area contributed by atoms with Crippen molar-refractivity contribution < 1.29 is 19.0 Å². The van der Waals surface area contributed by atoms with Crippen LogP contribution in [0.15, 0.2) is 0 Å². The zero-order valence-corrected chi connectivity index (χ0v) is 8.28. The number of ketones is 1. The summed E-state index contributed by atoms with van der Waals surface area (Å²) in [6, 6.07) is 0. The van der Waals surface area contributed by atoms with Crippen molar-refractivity contribution in [3.05, 3.63) is 0 Å². The molecule has 1 aliphatic rings. The van der Waals surface area contributed by atoms with E-state index >= 15 is 0 Å². The average Bonchev–Trinajstić information content (AvgIpc) is 2.04. The quantitative estimate of drug-likeness (QED) is 0.626. The van der Waals surface area contributed by atoms with Gasteiger partial charge in [-0.05, 0) is 6.92 Å². The van der Waals surface area contributed by atoms with Gasteiger partial charge in [0.25, 0.3) is 0 Å². The van der Waals surface area contributed by atoms with Crippen molar-refractivity contribution in [1.82, 2.24) is 0 Å². The fourth-order valence-corrected chi connectivity index (χ4v) is 1.44. The predicted molar refractivity (Wildman–Crippen MR) is 46.6 cm³/mol. The van der Waals surface area contributed by atoms with Gasteiger partial charge in [-0.2, -0.15) is 0 Å². The summed E-state index contributed by atoms with van der Waals surface area (Å²) < 4.78 is 15.4. The van der Waals surface area contributed by atoms with E-state index in [1.165, 1.54) is 7.11 Å². The molecule has 0 amide bonds. The van der Waals surface area contributed by atoms with Crippen molar-refractivity contribution in [1.29, 1.82) is 0 Å². The largest absolute Gasteiger partial charge is 0.382 e. The molecule has 4 nitrogen and oxygen atoms in total. The van der Waals surface area contributed by atoms with E-state index in [-0.39, 0.29) is 24.1 Å². The van der Waals surface area contributed by atoms with Crippen molar-refractivity contribution in [2.24, 2.45) is 0 Å². The number of ether oxygens (including phenoxy) is 3. The van der Waals surface area contributed by atoms with Gasteiger partial charge in [0, 0.05) is 20.6 Å². The fraction of sp³-hybridized carbons (Fsp3) is 0.889. The molecule has 76 valence electrons. The lowest BCUT2D eigenvalue weighted by atomic mass is 9.90. The normalized spacial score (nSPS) is 29.9. The molecule has 1 fully saturated rings. The smallest absolute Gasteiger partial charge is 0.166 e. The molecule has 1 rings (SSSR count). The van der Waals surface area contributed by atoms with Crippen LogP contribution in [0, 0.1) is 0 Å². The first-order valence-electron chi connectivity index (χ1n) is 4.39. The Bertz CT molecular complexity index is 180. The second-order valence-electron chi connectivity index (χ2n) is 3.27. The first kappa shape index (κ1) is 10.6. The summed E-state index contributed by atoms with van der Waals surface area (Å²) >= 11 is 0. The van der Waals surface area contributed by atoms with Crippen LogP contribution in [0.4, 0.5) is 0 Å². The van der Waals surface area contributed by atoms with Crippen LogP contribution in [0.2, 0.25) is 0 Å². The van der Waals surface area contributed by atoms with Crippen LogP contribution < -0.4 is 0 Å². The maximum atomic E-state index is 11.0. The predicted octanol–water partition coefficient (Wildman–Crippen LogP) is 0.394. The molecule has 3 atom stereocenters. The minimum absolute atomic E-state index is 0.0146. The van der Waals surface area contributed by atoms with Gasteiger partial charge in [0.2, 0.25) is 0 Å². The van der Waals surface area contributed by atoms with Gasteiger partial charge in [-0.3, -0.25) is 4.79 Å². The summed E-state index contributed by atoms with van der Waals surface area (Å²) in [5.74, 6) is 0.122. The monoisotopic (exact) mass is 188 g/mol. The van der Waals surface area contributed by atoms with E-state index in [1.54, 1.807) is 7.11 Å². The number of carbonyl (C=O) groups excluding carboxylic acids is 1. The number of rotatable bonds is 5. The van der Waals surface area contributed by atoms with Gasteiger partial charge in [0.1, 0.15) is 6.10 Å². The molecule has 13 heavy (non-hydrogen) atoms. The number of hydrogen-bond acceptors (Lipinski definition) is 4. The minimum Gasteiger partial charge on any atom is -0.382 e. The van der Waals surface area contributed by atoms with Gasteiger partial charge in [0.05, 0.1) is 18.8 Å². The summed E-state index contributed by atoms with van der Waals surface area (Å²) in [7, 11) is 3.15. The molecule has 0 aliphatic heterocycles. The average molecular weight is 188 g/mol. The molecule has 1 saturated carbocycles. The highest BCUT2D eigenvalue weighted by Crippen LogP contribution is 2.23. The van der Waals surface area contributed by atoms with E-state index < -0.39 is 0 Å². The molecule has 0 N–H and O–H groups in total. The highest BCUT2D eigenvalue weighted by Gasteiger charge is 2.41. The fourth-order valence-electron chi connectivity index (χ4n) is 1.44. The van der Waals surface area contributed by atoms with E-state index in [1.807, 2.05) is 6.92 Å². The minimum atomic E-state index is -0.362. The van der Waals surface area contributed by atoms with Crippen molar-refractivity contribution >= 4 is 5.78 Å². The van der Waals surface area contributed by atoms with Gasteiger partial charge in [0.15, 0.2) is 5.78 Å². The molecule has 0 aromatic heterocycles. The summed E-state index contributed by atoms with van der Waals surface area (Å²) in [6.07, 6.45) is 0.0368. The molecule has 0 aromatic carbocycles. The Morgan fingerprint density at radius 2 is 2.23 bits per heavy atom. The summed E-state index contributed by atoms with van der Waals surface area (Å²) in [5, 5.41) is 0. The van der Waals surface area contributed by atoms with Crippen LogP contribution in [0.3, 0.4) is 0 Å². The summed E-state index contributed by atoms with van der Waals surface area (Å²) in [5.41, 5.74) is 0. The highest BCUT2D eigenvalue weighted by molar-refractivity contribution is 5.90. The second kappa shape index (κ2) is 4.69. The molecular weight excluding hydrogens is 172 g/mol. The van der Waals surface area contributed by atoms with Gasteiger partial charge < -0.3 is 14.2 Å². The second-order valence-corrected chi connectivity index (χ2v) is 3.27. The lowest BCUT2D eigenvalue weighted by Gasteiger charge is -2.35. The third-order valence-electron chi connectivity index (χ3n) is 2.12. The van der Waals surface area contributed by atoms with Crippen LogP contribution in [0.1, 0.15) is 13.3 Å². The summed E-state index contributed by atoms with van der Waals surface area (Å²) in [4.78, 5) is 11.0. The highest BCUT2D eigenvalue weighted by atomic mass is 16.6. The molecule has 4 heteroatoms. The molecule has 0 aromatic rings. The maximum Gasteiger partial charge on any atom is 0.166 e. The van der Waals surface area contributed by atoms with Gasteiger partial charge in [-0.1, -0.05) is 0 Å². The number of carbonyl (C=O) groups is 1. The standard InChI is InChI=1S/C9H16O4/c1-6(5-11-2)13-8-4-7(10)9(8)12-3/h6,8-9H,4-5H2,1-3H3.